The van der Waals surface area contributed by atoms with Crippen molar-refractivity contribution < 1.29 is 0 Å². The van der Waals surface area contributed by atoms with Crippen LogP contribution in [-0.4, -0.2) is 18.6 Å². The largest absolute Gasteiger partial charge is 0.319 e. The summed E-state index contributed by atoms with van der Waals surface area (Å²) in [6.07, 6.45) is 2.93. The molecule has 1 N–H and O–H groups in total. The lowest BCUT2D eigenvalue weighted by Gasteiger charge is -2.22. The first kappa shape index (κ1) is 9.68. The number of hydrogen-bond donors (Lipinski definition) is 1. The van der Waals surface area contributed by atoms with Gasteiger partial charge < -0.3 is 5.32 Å². The van der Waals surface area contributed by atoms with Crippen molar-refractivity contribution in [3.05, 3.63) is 16.6 Å². The smallest absolute Gasteiger partial charge is 0.0930 e. The van der Waals surface area contributed by atoms with E-state index in [1.54, 1.807) is 11.3 Å². The summed E-state index contributed by atoms with van der Waals surface area (Å²) in [7, 11) is 1.99. The quantitative estimate of drug-likeness (QED) is 0.773. The second-order valence-electron chi connectivity index (χ2n) is 3.80. The molecule has 0 radical (unpaired) electrons. The second kappa shape index (κ2) is 4.01. The van der Waals surface area contributed by atoms with E-state index in [-0.39, 0.29) is 0 Å². The van der Waals surface area contributed by atoms with Gasteiger partial charge in [0.15, 0.2) is 0 Å². The van der Waals surface area contributed by atoms with Gasteiger partial charge in [-0.05, 0) is 12.5 Å². The van der Waals surface area contributed by atoms with Crippen LogP contribution in [0.1, 0.15) is 18.9 Å². The van der Waals surface area contributed by atoms with Crippen LogP contribution in [0.5, 0.6) is 0 Å². The molecule has 12 heavy (non-hydrogen) atoms. The lowest BCUT2D eigenvalue weighted by atomic mass is 9.90. The minimum Gasteiger partial charge on any atom is -0.319 e. The zero-order valence-electron chi connectivity index (χ0n) is 7.92. The minimum absolute atomic E-state index is 0.312. The molecule has 0 fully saturated rings. The topological polar surface area (TPSA) is 24.9 Å². The molecule has 3 heteroatoms. The highest BCUT2D eigenvalue weighted by Gasteiger charge is 2.18. The molecule has 0 saturated carbocycles. The summed E-state index contributed by atoms with van der Waals surface area (Å²) in [5, 5.41) is 6.46. The van der Waals surface area contributed by atoms with E-state index in [9.17, 15) is 0 Å². The first-order valence-electron chi connectivity index (χ1n) is 4.17. The molecule has 0 aliphatic heterocycles. The van der Waals surface area contributed by atoms with Crippen LogP contribution in [0.25, 0.3) is 0 Å². The molecule has 2 nitrogen and oxygen atoms in total. The van der Waals surface area contributed by atoms with E-state index in [0.29, 0.717) is 5.41 Å². The van der Waals surface area contributed by atoms with Crippen molar-refractivity contribution in [3.8, 4) is 0 Å². The molecule has 0 aromatic carbocycles. The average molecular weight is 184 g/mol. The summed E-state index contributed by atoms with van der Waals surface area (Å²) in [4.78, 5) is 4.27. The van der Waals surface area contributed by atoms with Gasteiger partial charge in [0.25, 0.3) is 0 Å². The number of thiazole rings is 1. The molecule has 0 aliphatic rings. The van der Waals surface area contributed by atoms with Gasteiger partial charge in [-0.2, -0.15) is 0 Å². The molecule has 68 valence electrons. The van der Waals surface area contributed by atoms with Crippen molar-refractivity contribution in [1.82, 2.24) is 10.3 Å². The maximum Gasteiger partial charge on any atom is 0.0930 e. The van der Waals surface area contributed by atoms with Crippen LogP contribution in [0.2, 0.25) is 0 Å². The Morgan fingerprint density at radius 2 is 2.33 bits per heavy atom. The monoisotopic (exact) mass is 184 g/mol. The van der Waals surface area contributed by atoms with Crippen molar-refractivity contribution in [3.63, 3.8) is 0 Å². The van der Waals surface area contributed by atoms with Gasteiger partial charge in [0.2, 0.25) is 0 Å². The van der Waals surface area contributed by atoms with Crippen LogP contribution in [0.3, 0.4) is 0 Å². The summed E-state index contributed by atoms with van der Waals surface area (Å²) in [5.41, 5.74) is 0.312. The van der Waals surface area contributed by atoms with Gasteiger partial charge in [-0.15, -0.1) is 11.3 Å². The SMILES string of the molecule is CNCC(C)(C)Cc1nccs1. The predicted octanol–water partition coefficient (Wildman–Crippen LogP) is 1.93. The Morgan fingerprint density at radius 3 is 2.83 bits per heavy atom. The number of nitrogens with zero attached hydrogens (tertiary/aromatic N) is 1. The van der Waals surface area contributed by atoms with Crippen LogP contribution in [0.15, 0.2) is 11.6 Å². The van der Waals surface area contributed by atoms with Gasteiger partial charge >= 0.3 is 0 Å². The molecule has 0 atom stereocenters. The van der Waals surface area contributed by atoms with Crippen molar-refractivity contribution in [2.45, 2.75) is 20.3 Å². The molecule has 1 heterocycles. The summed E-state index contributed by atoms with van der Waals surface area (Å²) >= 11 is 1.74. The number of rotatable bonds is 4. The van der Waals surface area contributed by atoms with Crippen LogP contribution >= 0.6 is 11.3 Å². The van der Waals surface area contributed by atoms with Crippen LogP contribution in [-0.2, 0) is 6.42 Å². The Kier molecular flexibility index (Phi) is 3.23. The molecule has 1 rings (SSSR count). The van der Waals surface area contributed by atoms with Gasteiger partial charge in [0, 0.05) is 24.5 Å². The molecule has 1 aromatic rings. The number of nitrogens with one attached hydrogen (secondary N) is 1. The van der Waals surface area contributed by atoms with E-state index < -0.39 is 0 Å². The van der Waals surface area contributed by atoms with E-state index in [0.717, 1.165) is 13.0 Å². The number of hydrogen-bond acceptors (Lipinski definition) is 3. The van der Waals surface area contributed by atoms with Crippen molar-refractivity contribution in [2.24, 2.45) is 5.41 Å². The van der Waals surface area contributed by atoms with Gasteiger partial charge in [-0.1, -0.05) is 13.8 Å². The Morgan fingerprint density at radius 1 is 1.58 bits per heavy atom. The Bertz CT molecular complexity index is 216. The molecule has 0 amide bonds. The molecule has 0 unspecified atom stereocenters. The second-order valence-corrected chi connectivity index (χ2v) is 4.78. The van der Waals surface area contributed by atoms with E-state index in [4.69, 9.17) is 0 Å². The van der Waals surface area contributed by atoms with E-state index in [1.165, 1.54) is 5.01 Å². The molecule has 0 spiro atoms. The maximum atomic E-state index is 4.27. The van der Waals surface area contributed by atoms with Crippen LogP contribution in [0, 0.1) is 5.41 Å². The highest BCUT2D eigenvalue weighted by molar-refractivity contribution is 7.09. The fourth-order valence-corrected chi connectivity index (χ4v) is 2.17. The summed E-state index contributed by atoms with van der Waals surface area (Å²) < 4.78 is 0. The summed E-state index contributed by atoms with van der Waals surface area (Å²) in [5.74, 6) is 0. The molecule has 0 aliphatic carbocycles. The van der Waals surface area contributed by atoms with E-state index >= 15 is 0 Å². The minimum atomic E-state index is 0.312. The standard InChI is InChI=1S/C9H16N2S/c1-9(2,7-10-3)6-8-11-4-5-12-8/h4-5,10H,6-7H2,1-3H3. The lowest BCUT2D eigenvalue weighted by molar-refractivity contribution is 0.349. The fraction of sp³-hybridized carbons (Fsp3) is 0.667. The summed E-state index contributed by atoms with van der Waals surface area (Å²) in [6, 6.07) is 0. The normalized spacial score (nSPS) is 11.9. The van der Waals surface area contributed by atoms with Crippen molar-refractivity contribution in [2.75, 3.05) is 13.6 Å². The molecule has 0 bridgehead atoms. The molecule has 1 aromatic heterocycles. The summed E-state index contributed by atoms with van der Waals surface area (Å²) in [6.45, 7) is 5.54. The average Bonchev–Trinajstić information content (AvgIpc) is 2.38. The fourth-order valence-electron chi connectivity index (χ4n) is 1.29. The third-order valence-corrected chi connectivity index (χ3v) is 2.55. The zero-order chi connectivity index (χ0) is 9.03. The van der Waals surface area contributed by atoms with Crippen molar-refractivity contribution in [1.29, 1.82) is 0 Å². The van der Waals surface area contributed by atoms with Crippen LogP contribution < -0.4 is 5.32 Å². The van der Waals surface area contributed by atoms with Crippen molar-refractivity contribution >= 4 is 11.3 Å². The highest BCUT2D eigenvalue weighted by atomic mass is 32.1. The van der Waals surface area contributed by atoms with Gasteiger partial charge in [0.05, 0.1) is 5.01 Å². The van der Waals surface area contributed by atoms with Gasteiger partial charge in [-0.25, -0.2) is 4.98 Å². The third-order valence-electron chi connectivity index (χ3n) is 1.77. The first-order chi connectivity index (χ1) is 5.64. The maximum absolute atomic E-state index is 4.27. The van der Waals surface area contributed by atoms with E-state index in [2.05, 4.69) is 24.1 Å². The van der Waals surface area contributed by atoms with Gasteiger partial charge in [0.1, 0.15) is 0 Å². The Hall–Kier alpha value is -0.410. The van der Waals surface area contributed by atoms with Gasteiger partial charge in [-0.3, -0.25) is 0 Å². The Balaban J connectivity index is 2.50. The Labute approximate surface area is 78.0 Å². The zero-order valence-corrected chi connectivity index (χ0v) is 8.74. The highest BCUT2D eigenvalue weighted by Crippen LogP contribution is 2.21. The molecule has 0 saturated heterocycles. The third kappa shape index (κ3) is 2.91. The van der Waals surface area contributed by atoms with Crippen LogP contribution in [0.4, 0.5) is 0 Å². The predicted molar refractivity (Wildman–Crippen MR) is 53.5 cm³/mol. The molecular formula is C9H16N2S. The lowest BCUT2D eigenvalue weighted by Crippen LogP contribution is -2.28. The first-order valence-corrected chi connectivity index (χ1v) is 5.05. The molecular weight excluding hydrogens is 168 g/mol. The van der Waals surface area contributed by atoms with E-state index in [1.807, 2.05) is 18.6 Å². The number of aromatic nitrogens is 1.